The van der Waals surface area contributed by atoms with Crippen LogP contribution in [0.3, 0.4) is 0 Å². The summed E-state index contributed by atoms with van der Waals surface area (Å²) in [4.78, 5) is 13.2. The van der Waals surface area contributed by atoms with Crippen LogP contribution in [0.25, 0.3) is 5.69 Å². The number of carbonyl (C=O) groups is 1. The Hall–Kier alpha value is -3.96. The van der Waals surface area contributed by atoms with Crippen LogP contribution in [0.4, 0.5) is 0 Å². The first-order valence-electron chi connectivity index (χ1n) is 10.8. The Balaban J connectivity index is 1.61. The van der Waals surface area contributed by atoms with E-state index < -0.39 is 11.5 Å². The summed E-state index contributed by atoms with van der Waals surface area (Å²) >= 11 is 0. The van der Waals surface area contributed by atoms with Crippen LogP contribution in [0, 0.1) is 20.8 Å². The lowest BCUT2D eigenvalue weighted by molar-refractivity contribution is -0.136. The number of benzene rings is 3. The minimum Gasteiger partial charge on any atom is -0.372 e. The Morgan fingerprint density at radius 2 is 1.48 bits per heavy atom. The number of aromatic nitrogens is 1. The smallest absolute Gasteiger partial charge is 0.281 e. The average molecular weight is 438 g/mol. The van der Waals surface area contributed by atoms with Gasteiger partial charge in [0.1, 0.15) is 0 Å². The summed E-state index contributed by atoms with van der Waals surface area (Å²) in [5.41, 5.74) is 6.86. The van der Waals surface area contributed by atoms with Gasteiger partial charge in [0.25, 0.3) is 5.91 Å². The van der Waals surface area contributed by atoms with Gasteiger partial charge in [0, 0.05) is 22.6 Å². The van der Waals surface area contributed by atoms with Gasteiger partial charge in [0.15, 0.2) is 5.60 Å². The van der Waals surface area contributed by atoms with Crippen molar-refractivity contribution in [3.8, 4) is 5.69 Å². The lowest BCUT2D eigenvalue weighted by Crippen LogP contribution is -2.43. The first kappa shape index (κ1) is 22.2. The standard InChI is InChI=1S/C28H27N3O2/c1-20-11-10-16-26(17-20)31-21(2)18-23(22(31)3)19-29-30-27(32)28(33,24-12-6-4-7-13-24)25-14-8-5-9-15-25/h4-19,33H,1-3H3,(H,30,32)/b29-19-. The van der Waals surface area contributed by atoms with Crippen LogP contribution in [0.2, 0.25) is 0 Å². The number of hydrogen-bond donors (Lipinski definition) is 2. The van der Waals surface area contributed by atoms with E-state index >= 15 is 0 Å². The van der Waals surface area contributed by atoms with E-state index in [9.17, 15) is 9.90 Å². The number of nitrogens with one attached hydrogen (secondary N) is 1. The van der Waals surface area contributed by atoms with E-state index in [1.807, 2.05) is 38.1 Å². The summed E-state index contributed by atoms with van der Waals surface area (Å²) in [6.07, 6.45) is 1.61. The molecule has 0 spiro atoms. The predicted molar refractivity (Wildman–Crippen MR) is 132 cm³/mol. The van der Waals surface area contributed by atoms with Gasteiger partial charge in [-0.25, -0.2) is 5.43 Å². The minimum atomic E-state index is -1.86. The van der Waals surface area contributed by atoms with Crippen LogP contribution in [-0.4, -0.2) is 21.8 Å². The van der Waals surface area contributed by atoms with Gasteiger partial charge in [-0.2, -0.15) is 5.10 Å². The molecule has 1 heterocycles. The fraction of sp³-hybridized carbons (Fsp3) is 0.143. The molecule has 4 rings (SSSR count). The largest absolute Gasteiger partial charge is 0.372 e. The van der Waals surface area contributed by atoms with E-state index in [2.05, 4.69) is 40.2 Å². The molecule has 166 valence electrons. The van der Waals surface area contributed by atoms with Crippen LogP contribution < -0.4 is 5.43 Å². The molecule has 4 aromatic rings. The third-order valence-electron chi connectivity index (χ3n) is 5.81. The van der Waals surface area contributed by atoms with Crippen molar-refractivity contribution in [1.29, 1.82) is 0 Å². The monoisotopic (exact) mass is 437 g/mol. The lowest BCUT2D eigenvalue weighted by atomic mass is 9.85. The molecule has 33 heavy (non-hydrogen) atoms. The molecule has 1 amide bonds. The molecule has 0 bridgehead atoms. The first-order chi connectivity index (χ1) is 15.9. The molecule has 3 aromatic carbocycles. The fourth-order valence-electron chi connectivity index (χ4n) is 4.11. The van der Waals surface area contributed by atoms with Gasteiger partial charge in [-0.15, -0.1) is 0 Å². The first-order valence-corrected chi connectivity index (χ1v) is 10.8. The maximum atomic E-state index is 13.2. The number of aryl methyl sites for hydroxylation is 2. The van der Waals surface area contributed by atoms with Crippen LogP contribution in [0.5, 0.6) is 0 Å². The van der Waals surface area contributed by atoms with Gasteiger partial charge in [0.05, 0.1) is 6.21 Å². The molecule has 0 radical (unpaired) electrons. The van der Waals surface area contributed by atoms with Gasteiger partial charge in [0.2, 0.25) is 0 Å². The highest BCUT2D eigenvalue weighted by Crippen LogP contribution is 2.30. The highest BCUT2D eigenvalue weighted by atomic mass is 16.3. The van der Waals surface area contributed by atoms with Gasteiger partial charge < -0.3 is 9.67 Å². The molecule has 0 unspecified atom stereocenters. The molecule has 0 aliphatic heterocycles. The molecular weight excluding hydrogens is 410 g/mol. The Morgan fingerprint density at radius 3 is 2.06 bits per heavy atom. The van der Waals surface area contributed by atoms with Crippen molar-refractivity contribution in [1.82, 2.24) is 9.99 Å². The predicted octanol–water partition coefficient (Wildman–Crippen LogP) is 4.79. The van der Waals surface area contributed by atoms with Crippen LogP contribution >= 0.6 is 0 Å². The highest BCUT2D eigenvalue weighted by molar-refractivity contribution is 5.91. The summed E-state index contributed by atoms with van der Waals surface area (Å²) < 4.78 is 2.15. The van der Waals surface area contributed by atoms with Gasteiger partial charge in [-0.3, -0.25) is 4.79 Å². The van der Waals surface area contributed by atoms with Crippen molar-refractivity contribution >= 4 is 12.1 Å². The molecule has 2 N–H and O–H groups in total. The average Bonchev–Trinajstić information content (AvgIpc) is 3.12. The SMILES string of the molecule is Cc1cccc(-n2c(C)cc(/C=N\NC(=O)C(O)(c3ccccc3)c3ccccc3)c2C)c1. The van der Waals surface area contributed by atoms with Crippen molar-refractivity contribution in [2.24, 2.45) is 5.10 Å². The number of amides is 1. The van der Waals surface area contributed by atoms with Gasteiger partial charge >= 0.3 is 0 Å². The molecular formula is C28H27N3O2. The minimum absolute atomic E-state index is 0.474. The third-order valence-corrected chi connectivity index (χ3v) is 5.81. The number of carbonyl (C=O) groups excluding carboxylic acids is 1. The second kappa shape index (κ2) is 9.27. The molecule has 0 saturated carbocycles. The van der Waals surface area contributed by atoms with Crippen molar-refractivity contribution in [2.45, 2.75) is 26.4 Å². The van der Waals surface area contributed by atoms with E-state index in [0.29, 0.717) is 11.1 Å². The molecule has 0 fully saturated rings. The van der Waals surface area contributed by atoms with E-state index in [1.54, 1.807) is 54.7 Å². The van der Waals surface area contributed by atoms with Gasteiger partial charge in [-0.1, -0.05) is 72.8 Å². The van der Waals surface area contributed by atoms with E-state index in [1.165, 1.54) is 5.56 Å². The zero-order valence-electron chi connectivity index (χ0n) is 19.0. The van der Waals surface area contributed by atoms with E-state index in [0.717, 1.165) is 22.6 Å². The normalized spacial score (nSPS) is 11.6. The lowest BCUT2D eigenvalue weighted by Gasteiger charge is -2.27. The number of rotatable bonds is 6. The second-order valence-corrected chi connectivity index (χ2v) is 8.14. The Labute approximate surface area is 194 Å². The van der Waals surface area contributed by atoms with Crippen molar-refractivity contribution < 1.29 is 9.90 Å². The zero-order valence-corrected chi connectivity index (χ0v) is 19.0. The second-order valence-electron chi connectivity index (χ2n) is 8.14. The van der Waals surface area contributed by atoms with Crippen molar-refractivity contribution in [3.05, 3.63) is 125 Å². The number of hydrogen-bond acceptors (Lipinski definition) is 3. The molecule has 0 atom stereocenters. The molecule has 1 aromatic heterocycles. The Bertz CT molecular complexity index is 1250. The third kappa shape index (κ3) is 4.36. The van der Waals surface area contributed by atoms with Crippen LogP contribution in [0.1, 0.15) is 33.6 Å². The Morgan fingerprint density at radius 1 is 0.879 bits per heavy atom. The maximum Gasteiger partial charge on any atom is 0.281 e. The van der Waals surface area contributed by atoms with Gasteiger partial charge in [-0.05, 0) is 55.7 Å². The van der Waals surface area contributed by atoms with Crippen LogP contribution in [-0.2, 0) is 10.4 Å². The summed E-state index contributed by atoms with van der Waals surface area (Å²) in [7, 11) is 0. The summed E-state index contributed by atoms with van der Waals surface area (Å²) in [6.45, 7) is 6.12. The summed E-state index contributed by atoms with van der Waals surface area (Å²) in [5, 5.41) is 15.7. The number of nitrogens with zero attached hydrogens (tertiary/aromatic N) is 2. The summed E-state index contributed by atoms with van der Waals surface area (Å²) in [5.74, 6) is -0.622. The van der Waals surface area contributed by atoms with E-state index in [-0.39, 0.29) is 0 Å². The molecule has 5 heteroatoms. The Kier molecular flexibility index (Phi) is 6.24. The van der Waals surface area contributed by atoms with Crippen molar-refractivity contribution in [2.75, 3.05) is 0 Å². The fourth-order valence-corrected chi connectivity index (χ4v) is 4.11. The van der Waals surface area contributed by atoms with E-state index in [4.69, 9.17) is 0 Å². The van der Waals surface area contributed by atoms with Crippen molar-refractivity contribution in [3.63, 3.8) is 0 Å². The number of aliphatic hydroxyl groups is 1. The number of hydrazone groups is 1. The molecule has 0 aliphatic rings. The maximum absolute atomic E-state index is 13.2. The molecule has 0 saturated heterocycles. The quantitative estimate of drug-likeness (QED) is 0.336. The summed E-state index contributed by atoms with van der Waals surface area (Å²) in [6, 6.07) is 28.1. The zero-order chi connectivity index (χ0) is 23.4. The molecule has 5 nitrogen and oxygen atoms in total. The van der Waals surface area contributed by atoms with Crippen LogP contribution in [0.15, 0.2) is 96.1 Å². The topological polar surface area (TPSA) is 66.6 Å². The highest BCUT2D eigenvalue weighted by Gasteiger charge is 2.39. The molecule has 0 aliphatic carbocycles.